The number of hydrogen-bond acceptors (Lipinski definition) is 4. The lowest BCUT2D eigenvalue weighted by Crippen LogP contribution is -2.49. The first kappa shape index (κ1) is 25.0. The van der Waals surface area contributed by atoms with Crippen molar-refractivity contribution in [1.29, 1.82) is 0 Å². The Balaban J connectivity index is 1.08. The Morgan fingerprint density at radius 3 is 1.67 bits per heavy atom. The third-order valence-corrected chi connectivity index (χ3v) is 10.2. The smallest absolute Gasteiger partial charge is 0.227 e. The summed E-state index contributed by atoms with van der Waals surface area (Å²) in [6.07, 6.45) is 8.02. The molecule has 2 aromatic heterocycles. The van der Waals surface area contributed by atoms with Crippen LogP contribution in [0.25, 0.3) is 56.2 Å². The number of fused-ring (bicyclic) bond motifs is 1. The second-order valence-electron chi connectivity index (χ2n) is 13.2. The van der Waals surface area contributed by atoms with Crippen LogP contribution in [0.5, 0.6) is 0 Å². The molecule has 43 heavy (non-hydrogen) atoms. The average Bonchev–Trinajstić information content (AvgIpc) is 3.49. The van der Waals surface area contributed by atoms with Gasteiger partial charge in [0.05, 0.1) is 11.4 Å². The Kier molecular flexibility index (Phi) is 5.65. The molecule has 210 valence electrons. The van der Waals surface area contributed by atoms with Crippen molar-refractivity contribution in [3.05, 3.63) is 115 Å². The molecule has 4 aliphatic rings. The molecule has 0 radical (unpaired) electrons. The van der Waals surface area contributed by atoms with Crippen molar-refractivity contribution >= 4 is 11.1 Å². The molecule has 10 rings (SSSR count). The summed E-state index contributed by atoms with van der Waals surface area (Å²) in [6.45, 7) is 0. The number of rotatable bonds is 5. The van der Waals surface area contributed by atoms with Crippen LogP contribution in [-0.2, 0) is 5.41 Å². The van der Waals surface area contributed by atoms with Crippen LogP contribution in [0, 0.1) is 17.8 Å². The summed E-state index contributed by atoms with van der Waals surface area (Å²) in [7, 11) is 0. The minimum atomic E-state index is 0.138. The average molecular weight is 560 g/mol. The fourth-order valence-electron chi connectivity index (χ4n) is 8.62. The zero-order valence-electron chi connectivity index (χ0n) is 24.1. The number of nitrogens with zero attached hydrogens (tertiary/aromatic N) is 3. The van der Waals surface area contributed by atoms with E-state index in [4.69, 9.17) is 19.4 Å². The van der Waals surface area contributed by atoms with E-state index in [0.717, 1.165) is 73.9 Å². The largest absolute Gasteiger partial charge is 0.436 e. The van der Waals surface area contributed by atoms with Crippen molar-refractivity contribution in [2.45, 2.75) is 43.9 Å². The molecule has 0 saturated heterocycles. The van der Waals surface area contributed by atoms with Gasteiger partial charge in [-0.05, 0) is 97.7 Å². The summed E-state index contributed by atoms with van der Waals surface area (Å²) in [5, 5.41) is 0. The molecule has 6 aromatic rings. The Bertz CT molecular complexity index is 1910. The molecule has 4 saturated carbocycles. The summed E-state index contributed by atoms with van der Waals surface area (Å²) < 4.78 is 6.15. The Morgan fingerprint density at radius 2 is 1.05 bits per heavy atom. The fourth-order valence-corrected chi connectivity index (χ4v) is 8.62. The van der Waals surface area contributed by atoms with Crippen LogP contribution >= 0.6 is 0 Å². The van der Waals surface area contributed by atoms with Gasteiger partial charge in [-0.1, -0.05) is 78.9 Å². The number of oxazole rings is 1. The van der Waals surface area contributed by atoms with Crippen molar-refractivity contribution in [3.8, 4) is 45.1 Å². The lowest BCUT2D eigenvalue weighted by molar-refractivity contribution is -0.00929. The maximum absolute atomic E-state index is 6.15. The first-order valence-corrected chi connectivity index (χ1v) is 15.7. The quantitative estimate of drug-likeness (QED) is 0.211. The highest BCUT2D eigenvalue weighted by molar-refractivity contribution is 5.83. The lowest BCUT2D eigenvalue weighted by Gasteiger charge is -2.56. The second-order valence-corrected chi connectivity index (χ2v) is 13.2. The normalized spacial score (nSPS) is 24.0. The van der Waals surface area contributed by atoms with Crippen molar-refractivity contribution in [3.63, 3.8) is 0 Å². The van der Waals surface area contributed by atoms with Gasteiger partial charge in [-0.15, -0.1) is 0 Å². The zero-order valence-corrected chi connectivity index (χ0v) is 24.1. The van der Waals surface area contributed by atoms with E-state index in [-0.39, 0.29) is 5.41 Å². The van der Waals surface area contributed by atoms with Crippen molar-refractivity contribution in [2.75, 3.05) is 0 Å². The third-order valence-electron chi connectivity index (χ3n) is 10.2. The van der Waals surface area contributed by atoms with Gasteiger partial charge in [0, 0.05) is 22.1 Å². The highest BCUT2D eigenvalue weighted by atomic mass is 16.3. The summed E-state index contributed by atoms with van der Waals surface area (Å²) in [4.78, 5) is 15.4. The van der Waals surface area contributed by atoms with E-state index in [2.05, 4.69) is 72.8 Å². The first-order chi connectivity index (χ1) is 21.2. The molecular formula is C39H33N3O. The first-order valence-electron chi connectivity index (χ1n) is 15.7. The van der Waals surface area contributed by atoms with E-state index in [9.17, 15) is 0 Å². The van der Waals surface area contributed by atoms with Gasteiger partial charge in [0.2, 0.25) is 5.89 Å². The van der Waals surface area contributed by atoms with E-state index in [1.165, 1.54) is 38.5 Å². The van der Waals surface area contributed by atoms with Crippen LogP contribution in [0.3, 0.4) is 0 Å². The zero-order chi connectivity index (χ0) is 28.4. The van der Waals surface area contributed by atoms with Crippen LogP contribution in [0.1, 0.15) is 44.3 Å². The van der Waals surface area contributed by atoms with Gasteiger partial charge in [0.25, 0.3) is 0 Å². The molecule has 0 aliphatic heterocycles. The minimum absolute atomic E-state index is 0.138. The van der Waals surface area contributed by atoms with Crippen LogP contribution in [0.4, 0.5) is 0 Å². The molecular weight excluding hydrogens is 526 g/mol. The van der Waals surface area contributed by atoms with Gasteiger partial charge in [-0.3, -0.25) is 0 Å². The van der Waals surface area contributed by atoms with Crippen molar-refractivity contribution in [2.24, 2.45) is 17.8 Å². The summed E-state index contributed by atoms with van der Waals surface area (Å²) in [5.41, 5.74) is 9.37. The van der Waals surface area contributed by atoms with Crippen LogP contribution in [0.15, 0.2) is 114 Å². The Morgan fingerprint density at radius 1 is 0.512 bits per heavy atom. The molecule has 0 amide bonds. The topological polar surface area (TPSA) is 51.8 Å². The third kappa shape index (κ3) is 4.39. The molecule has 0 N–H and O–H groups in total. The Labute approximate surface area is 251 Å². The highest BCUT2D eigenvalue weighted by Crippen LogP contribution is 2.60. The molecule has 4 nitrogen and oxygen atoms in total. The van der Waals surface area contributed by atoms with Crippen LogP contribution < -0.4 is 0 Å². The molecule has 4 aliphatic carbocycles. The van der Waals surface area contributed by atoms with Gasteiger partial charge < -0.3 is 4.42 Å². The van der Waals surface area contributed by atoms with Crippen LogP contribution in [0.2, 0.25) is 0 Å². The van der Waals surface area contributed by atoms with E-state index in [1.54, 1.807) is 0 Å². The molecule has 4 bridgehead atoms. The second kappa shape index (κ2) is 9.74. The van der Waals surface area contributed by atoms with Gasteiger partial charge >= 0.3 is 0 Å². The maximum atomic E-state index is 6.15. The monoisotopic (exact) mass is 559 g/mol. The predicted molar refractivity (Wildman–Crippen MR) is 171 cm³/mol. The van der Waals surface area contributed by atoms with Gasteiger partial charge in [-0.2, -0.15) is 0 Å². The van der Waals surface area contributed by atoms with Crippen LogP contribution in [-0.4, -0.2) is 15.0 Å². The number of benzene rings is 4. The molecule has 4 fully saturated rings. The summed E-state index contributed by atoms with van der Waals surface area (Å²) in [5.74, 6) is 4.28. The van der Waals surface area contributed by atoms with Gasteiger partial charge in [-0.25, -0.2) is 15.0 Å². The van der Waals surface area contributed by atoms with Crippen molar-refractivity contribution in [1.82, 2.24) is 15.0 Å². The standard InChI is InChI=1S/C39H33N3O/c1-3-7-29(8-4-1)34-21-35(42-38(41-34)39-22-25-17-26(23-39)19-27(18-25)24-39)30-13-11-28(12-14-30)32-15-16-33-36(20-32)43-37(40-33)31-9-5-2-6-10-31/h1-16,20-21,25-27H,17-19,22-24H2. The minimum Gasteiger partial charge on any atom is -0.436 e. The summed E-state index contributed by atoms with van der Waals surface area (Å²) >= 11 is 0. The van der Waals surface area contributed by atoms with Gasteiger partial charge in [0.15, 0.2) is 5.58 Å². The SMILES string of the molecule is c1ccc(-c2cc(-c3ccc(-c4ccc5nc(-c6ccccc6)oc5c4)cc3)nc(C34CC5CC(CC(C5)C3)C4)n2)cc1. The highest BCUT2D eigenvalue weighted by Gasteiger charge is 2.53. The maximum Gasteiger partial charge on any atom is 0.227 e. The summed E-state index contributed by atoms with van der Waals surface area (Å²) in [6, 6.07) is 37.9. The van der Waals surface area contributed by atoms with Crippen molar-refractivity contribution < 1.29 is 4.42 Å². The molecule has 0 unspecified atom stereocenters. The van der Waals surface area contributed by atoms with E-state index in [0.29, 0.717) is 5.89 Å². The molecule has 2 heterocycles. The van der Waals surface area contributed by atoms with E-state index in [1.807, 2.05) is 36.4 Å². The molecule has 0 spiro atoms. The fraction of sp³-hybridized carbons (Fsp3) is 0.256. The molecule has 0 atom stereocenters. The molecule has 4 heteroatoms. The Hall–Kier alpha value is -4.57. The number of aromatic nitrogens is 3. The lowest BCUT2D eigenvalue weighted by atomic mass is 9.49. The molecule has 4 aromatic carbocycles. The van der Waals surface area contributed by atoms with E-state index < -0.39 is 0 Å². The van der Waals surface area contributed by atoms with Gasteiger partial charge in [0.1, 0.15) is 11.3 Å². The predicted octanol–water partition coefficient (Wildman–Crippen LogP) is 9.75. The number of hydrogen-bond donors (Lipinski definition) is 0. The van der Waals surface area contributed by atoms with E-state index >= 15 is 0 Å².